The fraction of sp³-hybridized carbons (Fsp3) is 0.625. The summed E-state index contributed by atoms with van der Waals surface area (Å²) in [4.78, 5) is 2.60. The Morgan fingerprint density at radius 3 is 2.39 bits per heavy atom. The maximum atomic E-state index is 3.59. The largest absolute Gasteiger partial charge is 0.309 e. The summed E-state index contributed by atoms with van der Waals surface area (Å²) in [6, 6.07) is 12.1. The van der Waals surface area contributed by atoms with Crippen molar-refractivity contribution < 1.29 is 0 Å². The Labute approximate surface area is 111 Å². The van der Waals surface area contributed by atoms with Gasteiger partial charge in [-0.25, -0.2) is 0 Å². The molecule has 2 rings (SSSR count). The van der Waals surface area contributed by atoms with Gasteiger partial charge in [0.05, 0.1) is 0 Å². The van der Waals surface area contributed by atoms with Crippen LogP contribution in [0.2, 0.25) is 0 Å². The average molecular weight is 246 g/mol. The van der Waals surface area contributed by atoms with E-state index in [1.165, 1.54) is 31.6 Å². The van der Waals surface area contributed by atoms with Gasteiger partial charge in [-0.15, -0.1) is 0 Å². The molecule has 1 aromatic carbocycles. The van der Waals surface area contributed by atoms with Crippen molar-refractivity contribution in [3.05, 3.63) is 35.9 Å². The molecule has 0 bridgehead atoms. The van der Waals surface area contributed by atoms with Gasteiger partial charge in [0, 0.05) is 25.2 Å². The molecule has 0 aliphatic carbocycles. The van der Waals surface area contributed by atoms with Crippen molar-refractivity contribution in [2.24, 2.45) is 0 Å². The zero-order chi connectivity index (χ0) is 13.0. The maximum absolute atomic E-state index is 3.59. The van der Waals surface area contributed by atoms with Crippen LogP contribution in [-0.2, 0) is 0 Å². The van der Waals surface area contributed by atoms with Gasteiger partial charge in [-0.2, -0.15) is 0 Å². The van der Waals surface area contributed by atoms with Crippen molar-refractivity contribution in [1.29, 1.82) is 0 Å². The van der Waals surface area contributed by atoms with E-state index in [4.69, 9.17) is 0 Å². The summed E-state index contributed by atoms with van der Waals surface area (Å²) >= 11 is 0. The Kier molecular flexibility index (Phi) is 4.79. The highest BCUT2D eigenvalue weighted by atomic mass is 15.2. The van der Waals surface area contributed by atoms with Crippen LogP contribution < -0.4 is 5.32 Å². The van der Waals surface area contributed by atoms with Gasteiger partial charge in [0.25, 0.3) is 0 Å². The first-order valence-electron chi connectivity index (χ1n) is 7.18. The molecule has 1 heterocycles. The van der Waals surface area contributed by atoms with Crippen LogP contribution in [0.3, 0.4) is 0 Å². The molecule has 1 saturated heterocycles. The van der Waals surface area contributed by atoms with E-state index < -0.39 is 0 Å². The van der Waals surface area contributed by atoms with Crippen LogP contribution in [0.4, 0.5) is 0 Å². The van der Waals surface area contributed by atoms with Gasteiger partial charge < -0.3 is 10.2 Å². The predicted molar refractivity (Wildman–Crippen MR) is 78.0 cm³/mol. The Morgan fingerprint density at radius 2 is 1.78 bits per heavy atom. The minimum Gasteiger partial charge on any atom is -0.309 e. The minimum absolute atomic E-state index is 0.626. The Hall–Kier alpha value is -0.860. The monoisotopic (exact) mass is 246 g/mol. The second-order valence-corrected chi connectivity index (χ2v) is 5.83. The van der Waals surface area contributed by atoms with Crippen LogP contribution in [0, 0.1) is 0 Å². The predicted octanol–water partition coefficient (Wildman–Crippen LogP) is 2.86. The molecule has 18 heavy (non-hydrogen) atoms. The number of nitrogens with zero attached hydrogens (tertiary/aromatic N) is 1. The highest BCUT2D eigenvalue weighted by Gasteiger charge is 2.20. The summed E-state index contributed by atoms with van der Waals surface area (Å²) in [6.45, 7) is 10.5. The van der Waals surface area contributed by atoms with E-state index in [2.05, 4.69) is 61.3 Å². The van der Waals surface area contributed by atoms with E-state index in [-0.39, 0.29) is 0 Å². The molecule has 3 atom stereocenters. The molecule has 100 valence electrons. The Bertz CT molecular complexity index is 339. The molecule has 0 spiro atoms. The van der Waals surface area contributed by atoms with Crippen LogP contribution in [0.25, 0.3) is 0 Å². The van der Waals surface area contributed by atoms with Crippen LogP contribution in [0.15, 0.2) is 30.3 Å². The minimum atomic E-state index is 0.626. The van der Waals surface area contributed by atoms with Gasteiger partial charge in [0.1, 0.15) is 0 Å². The summed E-state index contributed by atoms with van der Waals surface area (Å²) in [5.74, 6) is 0.659. The molecule has 2 nitrogen and oxygen atoms in total. The molecule has 0 radical (unpaired) electrons. The number of piperazine rings is 1. The Morgan fingerprint density at radius 1 is 1.17 bits per heavy atom. The molecule has 0 saturated carbocycles. The fourth-order valence-corrected chi connectivity index (χ4v) is 2.95. The smallest absolute Gasteiger partial charge is 0.0169 e. The van der Waals surface area contributed by atoms with Gasteiger partial charge in [-0.3, -0.25) is 0 Å². The van der Waals surface area contributed by atoms with Crippen LogP contribution in [-0.4, -0.2) is 36.6 Å². The normalized spacial score (nSPS) is 27.1. The summed E-state index contributed by atoms with van der Waals surface area (Å²) < 4.78 is 0. The first-order valence-corrected chi connectivity index (χ1v) is 7.18. The third-order valence-corrected chi connectivity index (χ3v) is 3.88. The number of hydrogen-bond donors (Lipinski definition) is 1. The number of hydrogen-bond acceptors (Lipinski definition) is 2. The van der Waals surface area contributed by atoms with Gasteiger partial charge in [-0.1, -0.05) is 37.3 Å². The van der Waals surface area contributed by atoms with Crippen LogP contribution >= 0.6 is 0 Å². The molecule has 1 N–H and O–H groups in total. The maximum Gasteiger partial charge on any atom is 0.0169 e. The van der Waals surface area contributed by atoms with Gasteiger partial charge in [-0.05, 0) is 38.3 Å². The number of rotatable bonds is 4. The van der Waals surface area contributed by atoms with Gasteiger partial charge in [0.2, 0.25) is 0 Å². The van der Waals surface area contributed by atoms with Gasteiger partial charge in [0.15, 0.2) is 0 Å². The quantitative estimate of drug-likeness (QED) is 0.879. The molecule has 1 aromatic rings. The van der Waals surface area contributed by atoms with Crippen molar-refractivity contribution in [2.45, 2.75) is 45.2 Å². The van der Waals surface area contributed by atoms with Crippen LogP contribution in [0.5, 0.6) is 0 Å². The summed E-state index contributed by atoms with van der Waals surface area (Å²) in [5.41, 5.74) is 1.47. The van der Waals surface area contributed by atoms with E-state index in [9.17, 15) is 0 Å². The lowest BCUT2D eigenvalue weighted by molar-refractivity contribution is 0.169. The highest BCUT2D eigenvalue weighted by molar-refractivity contribution is 5.18. The van der Waals surface area contributed by atoms with E-state index in [1.54, 1.807) is 0 Å². The summed E-state index contributed by atoms with van der Waals surface area (Å²) in [6.07, 6.45) is 1.25. The lowest BCUT2D eigenvalue weighted by atomic mass is 9.97. The summed E-state index contributed by atoms with van der Waals surface area (Å²) in [7, 11) is 0. The van der Waals surface area contributed by atoms with Gasteiger partial charge >= 0.3 is 0 Å². The fourth-order valence-electron chi connectivity index (χ4n) is 2.95. The second kappa shape index (κ2) is 6.35. The zero-order valence-corrected chi connectivity index (χ0v) is 11.9. The van der Waals surface area contributed by atoms with Crippen LogP contribution in [0.1, 0.15) is 38.7 Å². The number of nitrogens with one attached hydrogen (secondary N) is 1. The van der Waals surface area contributed by atoms with Crippen molar-refractivity contribution in [3.63, 3.8) is 0 Å². The SMILES string of the molecule is CC1CN(CCC(C)c2ccccc2)CC(C)N1. The average Bonchev–Trinajstić information content (AvgIpc) is 2.36. The third kappa shape index (κ3) is 3.82. The van der Waals surface area contributed by atoms with E-state index >= 15 is 0 Å². The molecule has 0 amide bonds. The van der Waals surface area contributed by atoms with Crippen molar-refractivity contribution in [2.75, 3.05) is 19.6 Å². The second-order valence-electron chi connectivity index (χ2n) is 5.83. The summed E-state index contributed by atoms with van der Waals surface area (Å²) in [5, 5.41) is 3.59. The van der Waals surface area contributed by atoms with Crippen molar-refractivity contribution >= 4 is 0 Å². The zero-order valence-electron chi connectivity index (χ0n) is 11.9. The topological polar surface area (TPSA) is 15.3 Å². The Balaban J connectivity index is 1.81. The highest BCUT2D eigenvalue weighted by Crippen LogP contribution is 2.19. The van der Waals surface area contributed by atoms with Crippen molar-refractivity contribution in [3.8, 4) is 0 Å². The molecule has 3 unspecified atom stereocenters. The third-order valence-electron chi connectivity index (χ3n) is 3.88. The molecule has 1 aliphatic rings. The standard InChI is InChI=1S/C16H26N2/c1-13(16-7-5-4-6-8-16)9-10-18-11-14(2)17-15(3)12-18/h4-8,13-15,17H,9-12H2,1-3H3. The molecule has 2 heteroatoms. The first kappa shape index (κ1) is 13.6. The van der Waals surface area contributed by atoms with Crippen molar-refractivity contribution in [1.82, 2.24) is 10.2 Å². The number of benzene rings is 1. The molecule has 1 fully saturated rings. The van der Waals surface area contributed by atoms with E-state index in [0.717, 1.165) is 0 Å². The molecular weight excluding hydrogens is 220 g/mol. The molecule has 1 aliphatic heterocycles. The van der Waals surface area contributed by atoms with E-state index in [1.807, 2.05) is 0 Å². The first-order chi connectivity index (χ1) is 8.65. The lowest BCUT2D eigenvalue weighted by Crippen LogP contribution is -2.54. The molecular formula is C16H26N2. The van der Waals surface area contributed by atoms with E-state index in [0.29, 0.717) is 18.0 Å². The molecule has 0 aromatic heterocycles. The lowest BCUT2D eigenvalue weighted by Gasteiger charge is -2.36.